The van der Waals surface area contributed by atoms with E-state index in [1.165, 1.54) is 0 Å². The molecule has 1 N–H and O–H groups in total. The molecule has 0 aliphatic carbocycles. The van der Waals surface area contributed by atoms with Crippen LogP contribution in [0.1, 0.15) is 24.0 Å². The zero-order valence-corrected chi connectivity index (χ0v) is 12.1. The van der Waals surface area contributed by atoms with Gasteiger partial charge in [-0.15, -0.1) is 0 Å². The van der Waals surface area contributed by atoms with E-state index in [1.54, 1.807) is 0 Å². The lowest BCUT2D eigenvalue weighted by Crippen LogP contribution is -2.16. The van der Waals surface area contributed by atoms with Crippen molar-refractivity contribution in [3.8, 4) is 5.82 Å². The monoisotopic (exact) mass is 269 g/mol. The second-order valence-corrected chi connectivity index (χ2v) is 4.93. The highest BCUT2D eigenvalue weighted by atomic mass is 15.3. The van der Waals surface area contributed by atoms with Crippen LogP contribution in [0.25, 0.3) is 11.5 Å². The van der Waals surface area contributed by atoms with E-state index in [4.69, 9.17) is 4.98 Å². The summed E-state index contributed by atoms with van der Waals surface area (Å²) in [5.74, 6) is 0.905. The fraction of sp³-hybridized carbons (Fsp3) is 0.333. The third-order valence-corrected chi connectivity index (χ3v) is 3.36. The summed E-state index contributed by atoms with van der Waals surface area (Å²) < 4.78 is 4.05. The summed E-state index contributed by atoms with van der Waals surface area (Å²) in [7, 11) is 0. The Morgan fingerprint density at radius 3 is 2.80 bits per heavy atom. The van der Waals surface area contributed by atoms with Crippen molar-refractivity contribution >= 4 is 5.65 Å². The van der Waals surface area contributed by atoms with Crippen LogP contribution >= 0.6 is 0 Å². The summed E-state index contributed by atoms with van der Waals surface area (Å²) in [5.41, 5.74) is 4.19. The molecule has 0 amide bonds. The standard InChI is InChI=1S/C15H19N5/c1-4-16-10-13-15(20-12(3)9-11(2)18-20)17-14-7-5-6-8-19(13)14/h5-9,16H,4,10H2,1-3H3. The molecule has 0 unspecified atom stereocenters. The molecule has 5 nitrogen and oxygen atoms in total. The van der Waals surface area contributed by atoms with E-state index < -0.39 is 0 Å². The molecule has 5 heteroatoms. The normalized spacial score (nSPS) is 11.3. The Kier molecular flexibility index (Phi) is 3.28. The molecular formula is C15H19N5. The predicted molar refractivity (Wildman–Crippen MR) is 79.2 cm³/mol. The molecule has 0 saturated carbocycles. The third kappa shape index (κ3) is 2.10. The molecule has 0 fully saturated rings. The maximum absolute atomic E-state index is 4.73. The van der Waals surface area contributed by atoms with Gasteiger partial charge in [-0.3, -0.25) is 0 Å². The van der Waals surface area contributed by atoms with Crippen LogP contribution in [0.5, 0.6) is 0 Å². The number of hydrogen-bond donors (Lipinski definition) is 1. The van der Waals surface area contributed by atoms with Crippen LogP contribution in [0.3, 0.4) is 0 Å². The summed E-state index contributed by atoms with van der Waals surface area (Å²) >= 11 is 0. The Morgan fingerprint density at radius 1 is 1.25 bits per heavy atom. The van der Waals surface area contributed by atoms with Gasteiger partial charge < -0.3 is 9.72 Å². The average molecular weight is 269 g/mol. The number of aryl methyl sites for hydroxylation is 2. The SMILES string of the molecule is CCNCc1c(-n2nc(C)cc2C)nc2ccccn12. The molecule has 20 heavy (non-hydrogen) atoms. The fourth-order valence-corrected chi connectivity index (χ4v) is 2.45. The summed E-state index contributed by atoms with van der Waals surface area (Å²) in [5, 5.41) is 7.93. The molecule has 3 aromatic heterocycles. The first-order valence-electron chi connectivity index (χ1n) is 6.91. The number of imidazole rings is 1. The van der Waals surface area contributed by atoms with Crippen LogP contribution in [0.2, 0.25) is 0 Å². The number of rotatable bonds is 4. The highest BCUT2D eigenvalue weighted by Gasteiger charge is 2.15. The molecule has 0 saturated heterocycles. The first-order chi connectivity index (χ1) is 9.70. The van der Waals surface area contributed by atoms with E-state index in [1.807, 2.05) is 36.0 Å². The quantitative estimate of drug-likeness (QED) is 0.790. The first-order valence-corrected chi connectivity index (χ1v) is 6.91. The van der Waals surface area contributed by atoms with Crippen LogP contribution in [-0.2, 0) is 6.54 Å². The average Bonchev–Trinajstić information content (AvgIpc) is 2.96. The van der Waals surface area contributed by atoms with Crippen molar-refractivity contribution in [2.24, 2.45) is 0 Å². The zero-order valence-electron chi connectivity index (χ0n) is 12.1. The maximum Gasteiger partial charge on any atom is 0.177 e. The number of aromatic nitrogens is 4. The molecule has 3 aromatic rings. The molecule has 0 atom stereocenters. The third-order valence-electron chi connectivity index (χ3n) is 3.36. The van der Waals surface area contributed by atoms with E-state index >= 15 is 0 Å². The fourth-order valence-electron chi connectivity index (χ4n) is 2.45. The van der Waals surface area contributed by atoms with E-state index in [-0.39, 0.29) is 0 Å². The van der Waals surface area contributed by atoms with Crippen molar-refractivity contribution < 1.29 is 0 Å². The predicted octanol–water partition coefficient (Wildman–Crippen LogP) is 2.25. The van der Waals surface area contributed by atoms with E-state index in [0.29, 0.717) is 0 Å². The van der Waals surface area contributed by atoms with Crippen molar-refractivity contribution in [1.29, 1.82) is 0 Å². The molecule has 0 radical (unpaired) electrons. The maximum atomic E-state index is 4.73. The summed E-state index contributed by atoms with van der Waals surface area (Å²) in [6.45, 7) is 7.86. The van der Waals surface area contributed by atoms with Gasteiger partial charge in [-0.05, 0) is 38.6 Å². The number of nitrogens with one attached hydrogen (secondary N) is 1. The molecule has 0 aliphatic heterocycles. The van der Waals surface area contributed by atoms with Crippen LogP contribution in [0.4, 0.5) is 0 Å². The summed E-state index contributed by atoms with van der Waals surface area (Å²) in [6, 6.07) is 8.12. The van der Waals surface area contributed by atoms with Crippen LogP contribution < -0.4 is 5.32 Å². The number of hydrogen-bond acceptors (Lipinski definition) is 3. The minimum absolute atomic E-state index is 0.773. The van der Waals surface area contributed by atoms with Gasteiger partial charge in [0.15, 0.2) is 5.82 Å². The lowest BCUT2D eigenvalue weighted by Gasteiger charge is -2.06. The van der Waals surface area contributed by atoms with Crippen molar-refractivity contribution in [3.63, 3.8) is 0 Å². The summed E-state index contributed by atoms with van der Waals surface area (Å²) in [4.78, 5) is 4.73. The van der Waals surface area contributed by atoms with Crippen LogP contribution in [-0.4, -0.2) is 25.7 Å². The van der Waals surface area contributed by atoms with Gasteiger partial charge in [0.1, 0.15) is 5.65 Å². The molecular weight excluding hydrogens is 250 g/mol. The topological polar surface area (TPSA) is 47.2 Å². The van der Waals surface area contributed by atoms with Crippen molar-refractivity contribution in [2.75, 3.05) is 6.54 Å². The molecule has 0 spiro atoms. The van der Waals surface area contributed by atoms with E-state index in [2.05, 4.69) is 34.7 Å². The van der Waals surface area contributed by atoms with Gasteiger partial charge in [-0.1, -0.05) is 13.0 Å². The smallest absolute Gasteiger partial charge is 0.177 e. The second kappa shape index (κ2) is 5.09. The number of fused-ring (bicyclic) bond motifs is 1. The van der Waals surface area contributed by atoms with Crippen molar-refractivity contribution in [1.82, 2.24) is 24.5 Å². The zero-order chi connectivity index (χ0) is 14.1. The number of pyridine rings is 1. The lowest BCUT2D eigenvalue weighted by molar-refractivity contribution is 0.691. The van der Waals surface area contributed by atoms with Gasteiger partial charge in [-0.2, -0.15) is 5.10 Å². The minimum atomic E-state index is 0.773. The summed E-state index contributed by atoms with van der Waals surface area (Å²) in [6.07, 6.45) is 2.05. The van der Waals surface area contributed by atoms with Gasteiger partial charge in [0.25, 0.3) is 0 Å². The van der Waals surface area contributed by atoms with Crippen molar-refractivity contribution in [3.05, 3.63) is 47.5 Å². The van der Waals surface area contributed by atoms with Crippen LogP contribution in [0, 0.1) is 13.8 Å². The van der Waals surface area contributed by atoms with Gasteiger partial charge in [-0.25, -0.2) is 9.67 Å². The molecule has 0 bridgehead atoms. The molecule has 0 aliphatic rings. The largest absolute Gasteiger partial charge is 0.311 e. The highest BCUT2D eigenvalue weighted by molar-refractivity contribution is 5.49. The van der Waals surface area contributed by atoms with Gasteiger partial charge in [0.05, 0.1) is 11.4 Å². The lowest BCUT2D eigenvalue weighted by atomic mass is 10.3. The van der Waals surface area contributed by atoms with Gasteiger partial charge in [0.2, 0.25) is 0 Å². The molecule has 0 aromatic carbocycles. The first kappa shape index (κ1) is 12.9. The highest BCUT2D eigenvalue weighted by Crippen LogP contribution is 2.18. The molecule has 104 valence electrons. The Morgan fingerprint density at radius 2 is 2.10 bits per heavy atom. The van der Waals surface area contributed by atoms with Gasteiger partial charge in [0, 0.05) is 18.4 Å². The molecule has 3 rings (SSSR count). The Balaban J connectivity index is 2.20. The Labute approximate surface area is 118 Å². The molecule has 3 heterocycles. The second-order valence-electron chi connectivity index (χ2n) is 4.93. The van der Waals surface area contributed by atoms with Crippen molar-refractivity contribution in [2.45, 2.75) is 27.3 Å². The van der Waals surface area contributed by atoms with E-state index in [0.717, 1.165) is 41.6 Å². The Bertz CT molecular complexity index is 738. The van der Waals surface area contributed by atoms with E-state index in [9.17, 15) is 0 Å². The Hall–Kier alpha value is -2.14. The van der Waals surface area contributed by atoms with Crippen LogP contribution in [0.15, 0.2) is 30.5 Å². The van der Waals surface area contributed by atoms with Gasteiger partial charge >= 0.3 is 0 Å². The minimum Gasteiger partial charge on any atom is -0.311 e. The number of nitrogens with zero attached hydrogens (tertiary/aromatic N) is 4.